The van der Waals surface area contributed by atoms with E-state index in [-0.39, 0.29) is 5.41 Å². The molecule has 0 saturated heterocycles. The van der Waals surface area contributed by atoms with Crippen LogP contribution >= 0.6 is 0 Å². The number of hydrogen-bond donors (Lipinski definition) is 0. The summed E-state index contributed by atoms with van der Waals surface area (Å²) in [7, 11) is 2.16. The molecule has 1 aliphatic carbocycles. The molecule has 0 saturated carbocycles. The van der Waals surface area contributed by atoms with Crippen molar-refractivity contribution >= 4 is 17.1 Å². The molecule has 0 amide bonds. The molecule has 0 bridgehead atoms. The lowest BCUT2D eigenvalue weighted by atomic mass is 9.81. The summed E-state index contributed by atoms with van der Waals surface area (Å²) in [6, 6.07) is 8.68. The first-order chi connectivity index (χ1) is 11.5. The molecule has 2 aliphatic heterocycles. The Morgan fingerprint density at radius 1 is 1.17 bits per heavy atom. The minimum atomic E-state index is 0.0133. The highest BCUT2D eigenvalue weighted by molar-refractivity contribution is 6.15. The zero-order valence-corrected chi connectivity index (χ0v) is 14.8. The van der Waals surface area contributed by atoms with Gasteiger partial charge in [-0.05, 0) is 39.3 Å². The Hall–Kier alpha value is -2.48. The second-order valence-corrected chi connectivity index (χ2v) is 7.17. The van der Waals surface area contributed by atoms with Gasteiger partial charge in [-0.1, -0.05) is 30.4 Å². The number of aliphatic imine (C=N–C) groups is 1. The summed E-state index contributed by atoms with van der Waals surface area (Å²) in [4.78, 5) is 4.70. The molecule has 0 unspecified atom stereocenters. The lowest BCUT2D eigenvalue weighted by molar-refractivity contribution is -0.401. The number of para-hydroxylation sites is 1. The number of rotatable bonds is 2. The average molecular weight is 315 g/mol. The van der Waals surface area contributed by atoms with Gasteiger partial charge in [0.15, 0.2) is 5.71 Å². The van der Waals surface area contributed by atoms with Gasteiger partial charge in [-0.15, -0.1) is 0 Å². The van der Waals surface area contributed by atoms with Gasteiger partial charge >= 0.3 is 0 Å². The molecule has 4 rings (SSSR count). The molecule has 2 nitrogen and oxygen atoms in total. The van der Waals surface area contributed by atoms with E-state index in [1.807, 2.05) is 0 Å². The lowest BCUT2D eigenvalue weighted by Gasteiger charge is -2.15. The van der Waals surface area contributed by atoms with Crippen LogP contribution in [-0.4, -0.2) is 23.0 Å². The van der Waals surface area contributed by atoms with Crippen LogP contribution in [0.25, 0.3) is 0 Å². The molecule has 24 heavy (non-hydrogen) atoms. The second-order valence-electron chi connectivity index (χ2n) is 7.17. The molecule has 0 atom stereocenters. The largest absolute Gasteiger partial charge is 0.252 e. The van der Waals surface area contributed by atoms with Gasteiger partial charge in [0.1, 0.15) is 7.05 Å². The van der Waals surface area contributed by atoms with Crippen molar-refractivity contribution in [3.63, 3.8) is 0 Å². The van der Waals surface area contributed by atoms with E-state index in [2.05, 4.69) is 87.0 Å². The van der Waals surface area contributed by atoms with E-state index in [1.165, 1.54) is 28.1 Å². The fraction of sp³-hybridized carbons (Fsp3) is 0.273. The summed E-state index contributed by atoms with van der Waals surface area (Å²) in [6.45, 7) is 6.70. The summed E-state index contributed by atoms with van der Waals surface area (Å²) < 4.78 is 2.31. The van der Waals surface area contributed by atoms with Gasteiger partial charge in [-0.3, -0.25) is 4.99 Å². The van der Waals surface area contributed by atoms with Crippen molar-refractivity contribution < 1.29 is 4.58 Å². The number of hydrogen-bond acceptors (Lipinski definition) is 1. The van der Waals surface area contributed by atoms with Crippen LogP contribution in [0.4, 0.5) is 5.69 Å². The molecular weight excluding hydrogens is 292 g/mol. The number of fused-ring (bicyclic) bond motifs is 2. The molecule has 0 radical (unpaired) electrons. The highest BCUT2D eigenvalue weighted by atomic mass is 15.0. The van der Waals surface area contributed by atoms with Gasteiger partial charge in [-0.2, -0.15) is 4.58 Å². The molecule has 0 aromatic heterocycles. The summed E-state index contributed by atoms with van der Waals surface area (Å²) in [5, 5.41) is 0. The van der Waals surface area contributed by atoms with Crippen molar-refractivity contribution in [1.29, 1.82) is 0 Å². The predicted molar refractivity (Wildman–Crippen MR) is 101 cm³/mol. The van der Waals surface area contributed by atoms with Crippen LogP contribution < -0.4 is 0 Å². The van der Waals surface area contributed by atoms with E-state index in [4.69, 9.17) is 4.99 Å². The van der Waals surface area contributed by atoms with Crippen molar-refractivity contribution in [3.05, 3.63) is 77.1 Å². The highest BCUT2D eigenvalue weighted by Gasteiger charge is 2.42. The third-order valence-corrected chi connectivity index (χ3v) is 5.33. The lowest BCUT2D eigenvalue weighted by Crippen LogP contribution is -2.26. The Labute approximate surface area is 143 Å². The number of allylic oxidation sites excluding steroid dienone is 8. The molecule has 2 heterocycles. The molecule has 1 aromatic carbocycles. The smallest absolute Gasteiger partial charge is 0.209 e. The SMILES string of the molecule is CC1=C(/C=C/C2=[N+](C)c3ccccc3C2(C)C)C2=CCC=CC2=N1. The molecule has 1 aromatic rings. The van der Waals surface area contributed by atoms with Crippen LogP contribution in [0.5, 0.6) is 0 Å². The maximum Gasteiger partial charge on any atom is 0.209 e. The Bertz CT molecular complexity index is 915. The van der Waals surface area contributed by atoms with Crippen LogP contribution in [0.3, 0.4) is 0 Å². The first-order valence-corrected chi connectivity index (χ1v) is 8.56. The van der Waals surface area contributed by atoms with Crippen LogP contribution in [0.2, 0.25) is 0 Å². The van der Waals surface area contributed by atoms with Crippen LogP contribution in [0.1, 0.15) is 32.8 Å². The van der Waals surface area contributed by atoms with E-state index in [0.29, 0.717) is 0 Å². The molecular formula is C22H23N2+. The monoisotopic (exact) mass is 315 g/mol. The molecule has 0 spiro atoms. The maximum atomic E-state index is 4.70. The second kappa shape index (κ2) is 5.27. The van der Waals surface area contributed by atoms with Crippen molar-refractivity contribution in [2.45, 2.75) is 32.6 Å². The van der Waals surface area contributed by atoms with Crippen molar-refractivity contribution in [1.82, 2.24) is 0 Å². The van der Waals surface area contributed by atoms with Gasteiger partial charge < -0.3 is 0 Å². The average Bonchev–Trinajstić information content (AvgIpc) is 2.99. The van der Waals surface area contributed by atoms with Crippen LogP contribution in [-0.2, 0) is 5.41 Å². The number of benzene rings is 1. The van der Waals surface area contributed by atoms with E-state index in [9.17, 15) is 0 Å². The highest BCUT2D eigenvalue weighted by Crippen LogP contribution is 2.39. The molecule has 120 valence electrons. The quantitative estimate of drug-likeness (QED) is 0.692. The summed E-state index contributed by atoms with van der Waals surface area (Å²) in [5.41, 5.74) is 8.77. The standard InChI is InChI=1S/C22H23N2/c1-15-16(17-9-5-7-11-19(17)23-15)13-14-21-22(2,3)18-10-6-8-12-20(18)24(21)4/h6-14H,5H2,1-4H3/q+1. The van der Waals surface area contributed by atoms with Crippen molar-refractivity contribution in [2.24, 2.45) is 4.99 Å². The third-order valence-electron chi connectivity index (χ3n) is 5.33. The Balaban J connectivity index is 1.72. The zero-order valence-electron chi connectivity index (χ0n) is 14.8. The van der Waals surface area contributed by atoms with E-state index < -0.39 is 0 Å². The van der Waals surface area contributed by atoms with E-state index in [0.717, 1.165) is 17.8 Å². The van der Waals surface area contributed by atoms with Gasteiger partial charge in [0, 0.05) is 34.5 Å². The zero-order chi connectivity index (χ0) is 16.9. The molecule has 2 heteroatoms. The first-order valence-electron chi connectivity index (χ1n) is 8.56. The molecule has 3 aliphatic rings. The Morgan fingerprint density at radius 3 is 2.75 bits per heavy atom. The Morgan fingerprint density at radius 2 is 1.96 bits per heavy atom. The van der Waals surface area contributed by atoms with Gasteiger partial charge in [0.25, 0.3) is 0 Å². The normalized spacial score (nSPS) is 21.3. The first kappa shape index (κ1) is 15.1. The van der Waals surface area contributed by atoms with Crippen molar-refractivity contribution in [3.8, 4) is 0 Å². The van der Waals surface area contributed by atoms with E-state index >= 15 is 0 Å². The van der Waals surface area contributed by atoms with Gasteiger partial charge in [0.2, 0.25) is 5.69 Å². The third kappa shape index (κ3) is 2.10. The number of nitrogens with zero attached hydrogens (tertiary/aromatic N) is 2. The molecule has 0 fully saturated rings. The maximum absolute atomic E-state index is 4.70. The topological polar surface area (TPSA) is 15.4 Å². The van der Waals surface area contributed by atoms with Gasteiger partial charge in [0.05, 0.1) is 11.1 Å². The minimum absolute atomic E-state index is 0.0133. The fourth-order valence-electron chi connectivity index (χ4n) is 4.02. The van der Waals surface area contributed by atoms with Crippen LogP contribution in [0.15, 0.2) is 76.5 Å². The van der Waals surface area contributed by atoms with Gasteiger partial charge in [-0.25, -0.2) is 0 Å². The summed E-state index contributed by atoms with van der Waals surface area (Å²) >= 11 is 0. The van der Waals surface area contributed by atoms with Crippen LogP contribution in [0, 0.1) is 0 Å². The summed E-state index contributed by atoms with van der Waals surface area (Å²) in [6.07, 6.45) is 12.1. The Kier molecular flexibility index (Phi) is 3.31. The fourth-order valence-corrected chi connectivity index (χ4v) is 4.02. The minimum Gasteiger partial charge on any atom is -0.252 e. The van der Waals surface area contributed by atoms with E-state index in [1.54, 1.807) is 0 Å². The summed E-state index contributed by atoms with van der Waals surface area (Å²) in [5.74, 6) is 0. The molecule has 0 N–H and O–H groups in total. The van der Waals surface area contributed by atoms with Crippen molar-refractivity contribution in [2.75, 3.05) is 7.05 Å². The predicted octanol–water partition coefficient (Wildman–Crippen LogP) is 4.86.